The maximum Gasteiger partial charge on any atom is 0.311 e. The molecule has 0 amide bonds. The number of nitrogens with zero attached hydrogens (tertiary/aromatic N) is 1. The van der Waals surface area contributed by atoms with Gasteiger partial charge in [0.25, 0.3) is 0 Å². The Bertz CT molecular complexity index is 838. The van der Waals surface area contributed by atoms with E-state index in [1.54, 1.807) is 13.0 Å². The van der Waals surface area contributed by atoms with Gasteiger partial charge in [0.2, 0.25) is 0 Å². The van der Waals surface area contributed by atoms with Gasteiger partial charge < -0.3 is 14.6 Å². The normalized spacial score (nSPS) is 19.6. The molecule has 1 N–H and O–H groups in total. The Morgan fingerprint density at radius 1 is 1.06 bits per heavy atom. The quantitative estimate of drug-likeness (QED) is 0.431. The van der Waals surface area contributed by atoms with Crippen molar-refractivity contribution >= 4 is 5.97 Å². The Morgan fingerprint density at radius 2 is 1.56 bits per heavy atom. The molecule has 0 bridgehead atoms. The second-order valence-electron chi connectivity index (χ2n) is 12.6. The summed E-state index contributed by atoms with van der Waals surface area (Å²) in [6, 6.07) is 1.79. The van der Waals surface area contributed by atoms with E-state index in [0.717, 1.165) is 18.4 Å². The van der Waals surface area contributed by atoms with Crippen LogP contribution in [0, 0.1) is 0 Å². The van der Waals surface area contributed by atoms with Crippen molar-refractivity contribution in [1.29, 1.82) is 0 Å². The van der Waals surface area contributed by atoms with Gasteiger partial charge in [-0.25, -0.2) is 0 Å². The number of phenols is 1. The minimum atomic E-state index is -0.412. The Labute approximate surface area is 195 Å². The first-order valence-corrected chi connectivity index (χ1v) is 11.8. The molecule has 0 spiro atoms. The predicted octanol–water partition coefficient (Wildman–Crippen LogP) is 6.33. The lowest BCUT2D eigenvalue weighted by Gasteiger charge is -2.53. The third-order valence-electron chi connectivity index (χ3n) is 6.84. The third-order valence-corrected chi connectivity index (χ3v) is 6.84. The number of aromatic hydroxyl groups is 1. The molecule has 0 unspecified atom stereocenters. The number of likely N-dealkylation sites (tertiary alicyclic amines) is 1. The zero-order valence-corrected chi connectivity index (χ0v) is 22.4. The summed E-state index contributed by atoms with van der Waals surface area (Å²) >= 11 is 0. The maximum absolute atomic E-state index is 12.3. The van der Waals surface area contributed by atoms with Crippen molar-refractivity contribution in [3.05, 3.63) is 17.2 Å². The van der Waals surface area contributed by atoms with E-state index in [1.165, 1.54) is 0 Å². The van der Waals surface area contributed by atoms with Gasteiger partial charge in [-0.15, -0.1) is 0 Å². The van der Waals surface area contributed by atoms with Crippen LogP contribution in [0.2, 0.25) is 0 Å². The SMILES string of the molecule is CCC(=O)Oc1cc(C(C)(C)C)c(O)c(C(C)(C)C)c1OC1CC(C)(C)N(C)C(C)(C)C1. The Morgan fingerprint density at radius 3 is 1.97 bits per heavy atom. The average Bonchev–Trinajstić information content (AvgIpc) is 2.58. The largest absolute Gasteiger partial charge is 0.507 e. The highest BCUT2D eigenvalue weighted by molar-refractivity contribution is 5.74. The standard InChI is InChI=1S/C27H45NO4/c1-13-20(29)32-19-14-18(24(2,3)4)22(30)21(25(5,6)7)23(19)31-17-15-26(8,9)28(12)27(10,11)16-17/h14,17,30H,13,15-16H2,1-12H3. The first kappa shape index (κ1) is 26.5. The molecule has 0 atom stereocenters. The summed E-state index contributed by atoms with van der Waals surface area (Å²) in [5.74, 6) is 0.803. The molecule has 32 heavy (non-hydrogen) atoms. The summed E-state index contributed by atoms with van der Waals surface area (Å²) in [4.78, 5) is 14.7. The number of phenolic OH excluding ortho intramolecular Hbond substituents is 1. The fourth-order valence-corrected chi connectivity index (χ4v) is 4.82. The average molecular weight is 448 g/mol. The number of carbonyl (C=O) groups is 1. The third kappa shape index (κ3) is 5.41. The van der Waals surface area contributed by atoms with Crippen molar-refractivity contribution in [2.75, 3.05) is 7.05 Å². The molecule has 1 fully saturated rings. The van der Waals surface area contributed by atoms with E-state index >= 15 is 0 Å². The van der Waals surface area contributed by atoms with Crippen LogP contribution in [-0.4, -0.2) is 40.2 Å². The first-order chi connectivity index (χ1) is 14.3. The van der Waals surface area contributed by atoms with Crippen LogP contribution in [0.1, 0.15) is 107 Å². The second-order valence-corrected chi connectivity index (χ2v) is 12.6. The zero-order chi connectivity index (χ0) is 24.9. The van der Waals surface area contributed by atoms with E-state index in [-0.39, 0.29) is 40.7 Å². The summed E-state index contributed by atoms with van der Waals surface area (Å²) in [7, 11) is 2.16. The summed E-state index contributed by atoms with van der Waals surface area (Å²) in [5.41, 5.74) is 0.596. The van der Waals surface area contributed by atoms with Crippen molar-refractivity contribution < 1.29 is 19.4 Å². The minimum Gasteiger partial charge on any atom is -0.507 e. The highest BCUT2D eigenvalue weighted by Crippen LogP contribution is 2.50. The monoisotopic (exact) mass is 447 g/mol. The molecule has 1 aromatic carbocycles. The molecule has 0 radical (unpaired) electrons. The van der Waals surface area contributed by atoms with Crippen molar-refractivity contribution in [2.24, 2.45) is 0 Å². The van der Waals surface area contributed by atoms with E-state index in [9.17, 15) is 9.90 Å². The highest BCUT2D eigenvalue weighted by atomic mass is 16.6. The summed E-state index contributed by atoms with van der Waals surface area (Å²) in [6.45, 7) is 23.0. The predicted molar refractivity (Wildman–Crippen MR) is 131 cm³/mol. The number of rotatable bonds is 4. The highest BCUT2D eigenvalue weighted by Gasteiger charge is 2.45. The van der Waals surface area contributed by atoms with Gasteiger partial charge in [-0.05, 0) is 51.6 Å². The number of piperidine rings is 1. The molecule has 1 aliphatic rings. The van der Waals surface area contributed by atoms with Crippen LogP contribution in [0.4, 0.5) is 0 Å². The maximum atomic E-state index is 12.3. The number of carbonyl (C=O) groups excluding carboxylic acids is 1. The minimum absolute atomic E-state index is 0.0536. The lowest BCUT2D eigenvalue weighted by atomic mass is 9.77. The zero-order valence-electron chi connectivity index (χ0n) is 22.4. The van der Waals surface area contributed by atoms with Crippen molar-refractivity contribution in [1.82, 2.24) is 4.90 Å². The molecule has 5 nitrogen and oxygen atoms in total. The number of esters is 1. The Hall–Kier alpha value is -1.75. The van der Waals surface area contributed by atoms with Crippen LogP contribution < -0.4 is 9.47 Å². The molecule has 1 saturated heterocycles. The summed E-state index contributed by atoms with van der Waals surface area (Å²) in [6.07, 6.45) is 1.86. The number of hydrogen-bond acceptors (Lipinski definition) is 5. The van der Waals surface area contributed by atoms with Gasteiger partial charge in [0.15, 0.2) is 11.5 Å². The first-order valence-electron chi connectivity index (χ1n) is 11.8. The molecule has 5 heteroatoms. The van der Waals surface area contributed by atoms with Crippen molar-refractivity contribution in [3.8, 4) is 17.2 Å². The van der Waals surface area contributed by atoms with E-state index in [4.69, 9.17) is 9.47 Å². The molecule has 0 saturated carbocycles. The molecule has 0 aliphatic carbocycles. The van der Waals surface area contributed by atoms with Gasteiger partial charge >= 0.3 is 5.97 Å². The molecule has 1 heterocycles. The summed E-state index contributed by atoms with van der Waals surface area (Å²) < 4.78 is 12.5. The number of ether oxygens (including phenoxy) is 2. The van der Waals surface area contributed by atoms with Gasteiger partial charge in [-0.2, -0.15) is 0 Å². The topological polar surface area (TPSA) is 59.0 Å². The molecule has 1 aromatic rings. The van der Waals surface area contributed by atoms with E-state index < -0.39 is 5.41 Å². The van der Waals surface area contributed by atoms with Crippen molar-refractivity contribution in [2.45, 2.75) is 123 Å². The van der Waals surface area contributed by atoms with Gasteiger partial charge in [-0.3, -0.25) is 9.69 Å². The van der Waals surface area contributed by atoms with Crippen molar-refractivity contribution in [3.63, 3.8) is 0 Å². The van der Waals surface area contributed by atoms with E-state index in [0.29, 0.717) is 17.1 Å². The smallest absolute Gasteiger partial charge is 0.311 e. The van der Waals surface area contributed by atoms with Crippen LogP contribution in [-0.2, 0) is 15.6 Å². The fraction of sp³-hybridized carbons (Fsp3) is 0.741. The van der Waals surface area contributed by atoms with Gasteiger partial charge in [0.05, 0.1) is 0 Å². The molecular weight excluding hydrogens is 402 g/mol. The van der Waals surface area contributed by atoms with Crippen LogP contribution in [0.25, 0.3) is 0 Å². The number of hydrogen-bond donors (Lipinski definition) is 1. The fourth-order valence-electron chi connectivity index (χ4n) is 4.82. The number of benzene rings is 1. The molecule has 0 aromatic heterocycles. The molecule has 2 rings (SSSR count). The molecular formula is C27H45NO4. The lowest BCUT2D eigenvalue weighted by Crippen LogP contribution is -2.60. The lowest BCUT2D eigenvalue weighted by molar-refractivity contribution is -0.134. The van der Waals surface area contributed by atoms with Crippen LogP contribution in [0.3, 0.4) is 0 Å². The Balaban J connectivity index is 2.71. The van der Waals surface area contributed by atoms with Gasteiger partial charge in [0.1, 0.15) is 11.9 Å². The molecule has 1 aliphatic heterocycles. The van der Waals surface area contributed by atoms with Crippen LogP contribution >= 0.6 is 0 Å². The second kappa shape index (κ2) is 8.55. The summed E-state index contributed by atoms with van der Waals surface area (Å²) in [5, 5.41) is 11.4. The van der Waals surface area contributed by atoms with Gasteiger partial charge in [-0.1, -0.05) is 48.5 Å². The van der Waals surface area contributed by atoms with Crippen LogP contribution in [0.5, 0.6) is 17.2 Å². The van der Waals surface area contributed by atoms with E-state index in [1.807, 2.05) is 20.8 Å². The van der Waals surface area contributed by atoms with E-state index in [2.05, 4.69) is 60.4 Å². The van der Waals surface area contributed by atoms with Crippen LogP contribution in [0.15, 0.2) is 6.07 Å². The Kier molecular flexibility index (Phi) is 7.08. The molecule has 182 valence electrons. The van der Waals surface area contributed by atoms with Gasteiger partial charge in [0, 0.05) is 41.5 Å².